The predicted molar refractivity (Wildman–Crippen MR) is 79.9 cm³/mol. The van der Waals surface area contributed by atoms with Gasteiger partial charge in [0.1, 0.15) is 0 Å². The molecule has 0 spiro atoms. The second kappa shape index (κ2) is 5.45. The maximum absolute atomic E-state index is 5.86. The van der Waals surface area contributed by atoms with E-state index in [4.69, 9.17) is 4.74 Å². The number of aromatic nitrogens is 1. The first-order valence-corrected chi connectivity index (χ1v) is 7.51. The largest absolute Gasteiger partial charge is 0.379 e. The molecule has 0 aliphatic carbocycles. The number of morpholine rings is 1. The van der Waals surface area contributed by atoms with Crippen molar-refractivity contribution in [3.05, 3.63) is 23.7 Å². The smallest absolute Gasteiger partial charge is 0.0900 e. The molecule has 0 radical (unpaired) electrons. The van der Waals surface area contributed by atoms with Crippen LogP contribution in [-0.2, 0) is 4.74 Å². The molecule has 0 bridgehead atoms. The summed E-state index contributed by atoms with van der Waals surface area (Å²) < 4.78 is 7.08. The summed E-state index contributed by atoms with van der Waals surface area (Å²) in [5, 5.41) is 5.66. The van der Waals surface area contributed by atoms with Crippen LogP contribution in [0.25, 0.3) is 10.2 Å². The average Bonchev–Trinajstić information content (AvgIpc) is 2.88. The van der Waals surface area contributed by atoms with Gasteiger partial charge in [0, 0.05) is 19.3 Å². The normalized spacial score (nSPS) is 22.5. The minimum atomic E-state index is 0.238. The van der Waals surface area contributed by atoms with Crippen LogP contribution >= 0.6 is 11.3 Å². The number of thiophene rings is 1. The third kappa shape index (κ3) is 2.73. The summed E-state index contributed by atoms with van der Waals surface area (Å²) in [6.45, 7) is 5.00. The molecule has 4 nitrogen and oxygen atoms in total. The second-order valence-corrected chi connectivity index (χ2v) is 6.01. The fourth-order valence-corrected chi connectivity index (χ4v) is 3.27. The first kappa shape index (κ1) is 12.8. The van der Waals surface area contributed by atoms with Crippen LogP contribution in [-0.4, -0.2) is 48.8 Å². The Hall–Kier alpha value is -1.17. The average molecular weight is 277 g/mol. The van der Waals surface area contributed by atoms with Crippen LogP contribution in [0.15, 0.2) is 23.7 Å². The van der Waals surface area contributed by atoms with Gasteiger partial charge in [-0.05, 0) is 31.5 Å². The maximum Gasteiger partial charge on any atom is 0.0900 e. The number of ether oxygens (including phenoxy) is 1. The highest BCUT2D eigenvalue weighted by atomic mass is 32.1. The first-order valence-electron chi connectivity index (χ1n) is 6.63. The lowest BCUT2D eigenvalue weighted by Crippen LogP contribution is -2.47. The molecule has 1 saturated heterocycles. The number of rotatable bonds is 3. The van der Waals surface area contributed by atoms with E-state index in [-0.39, 0.29) is 12.1 Å². The number of fused-ring (bicyclic) bond motifs is 1. The van der Waals surface area contributed by atoms with E-state index >= 15 is 0 Å². The summed E-state index contributed by atoms with van der Waals surface area (Å²) in [6, 6.07) is 4.39. The number of hydrogen-bond donors (Lipinski definition) is 1. The van der Waals surface area contributed by atoms with Gasteiger partial charge >= 0.3 is 0 Å². The van der Waals surface area contributed by atoms with Crippen molar-refractivity contribution < 1.29 is 4.74 Å². The molecule has 3 heterocycles. The van der Waals surface area contributed by atoms with E-state index in [9.17, 15) is 0 Å². The van der Waals surface area contributed by atoms with Crippen molar-refractivity contribution in [3.63, 3.8) is 0 Å². The van der Waals surface area contributed by atoms with E-state index in [1.165, 1.54) is 4.70 Å². The Labute approximate surface area is 117 Å². The molecule has 3 rings (SSSR count). The Kier molecular flexibility index (Phi) is 3.68. The zero-order valence-corrected chi connectivity index (χ0v) is 12.1. The van der Waals surface area contributed by atoms with Crippen molar-refractivity contribution in [1.29, 1.82) is 0 Å². The molecule has 5 heteroatoms. The highest BCUT2D eigenvalue weighted by Gasteiger charge is 2.23. The number of hydrogen-bond acceptors (Lipinski definition) is 5. The summed E-state index contributed by atoms with van der Waals surface area (Å²) in [4.78, 5) is 6.68. The van der Waals surface area contributed by atoms with Gasteiger partial charge in [-0.15, -0.1) is 11.3 Å². The van der Waals surface area contributed by atoms with E-state index in [2.05, 4.69) is 40.6 Å². The third-order valence-electron chi connectivity index (χ3n) is 3.58. The van der Waals surface area contributed by atoms with Gasteiger partial charge in [0.2, 0.25) is 0 Å². The van der Waals surface area contributed by atoms with Crippen molar-refractivity contribution >= 4 is 27.2 Å². The molecule has 0 amide bonds. The number of nitrogens with one attached hydrogen (secondary N) is 1. The van der Waals surface area contributed by atoms with Crippen molar-refractivity contribution in [2.75, 3.05) is 32.1 Å². The van der Waals surface area contributed by atoms with Crippen molar-refractivity contribution in [1.82, 2.24) is 9.88 Å². The maximum atomic E-state index is 5.86. The van der Waals surface area contributed by atoms with Crippen molar-refractivity contribution in [2.24, 2.45) is 0 Å². The molecule has 0 saturated carbocycles. The van der Waals surface area contributed by atoms with E-state index in [1.807, 2.05) is 12.3 Å². The standard InChI is InChI=1S/C14H19N3OS/c1-10(13-9-17(2)6-7-18-13)16-12-3-5-15-11-4-8-19-14(11)12/h3-5,8,10,13H,6-7,9H2,1-2H3,(H,15,16). The SMILES string of the molecule is CC(Nc1ccnc2ccsc12)C1CN(C)CCO1. The topological polar surface area (TPSA) is 37.4 Å². The Bertz CT molecular complexity index is 556. The van der Waals surface area contributed by atoms with Gasteiger partial charge in [-0.3, -0.25) is 4.98 Å². The molecule has 1 aliphatic rings. The van der Waals surface area contributed by atoms with E-state index in [0.717, 1.165) is 30.9 Å². The van der Waals surface area contributed by atoms with E-state index in [0.29, 0.717) is 0 Å². The van der Waals surface area contributed by atoms with Gasteiger partial charge in [0.15, 0.2) is 0 Å². The lowest BCUT2D eigenvalue weighted by Gasteiger charge is -2.34. The first-order chi connectivity index (χ1) is 9.24. The van der Waals surface area contributed by atoms with Crippen molar-refractivity contribution in [3.8, 4) is 0 Å². The minimum absolute atomic E-state index is 0.238. The zero-order valence-electron chi connectivity index (χ0n) is 11.3. The second-order valence-electron chi connectivity index (χ2n) is 5.10. The highest BCUT2D eigenvalue weighted by molar-refractivity contribution is 7.17. The Balaban J connectivity index is 1.75. The molecule has 1 N–H and O–H groups in total. The number of nitrogens with zero attached hydrogens (tertiary/aromatic N) is 2. The molecule has 19 heavy (non-hydrogen) atoms. The van der Waals surface area contributed by atoms with Gasteiger partial charge in [0.05, 0.1) is 34.7 Å². The molecule has 2 atom stereocenters. The van der Waals surface area contributed by atoms with Crippen LogP contribution in [0.5, 0.6) is 0 Å². The molecule has 102 valence electrons. The van der Waals surface area contributed by atoms with Crippen LogP contribution in [0, 0.1) is 0 Å². The predicted octanol–water partition coefficient (Wildman–Crippen LogP) is 2.43. The van der Waals surface area contributed by atoms with Crippen LogP contribution in [0.3, 0.4) is 0 Å². The number of pyridine rings is 1. The minimum Gasteiger partial charge on any atom is -0.379 e. The van der Waals surface area contributed by atoms with Crippen LogP contribution < -0.4 is 5.32 Å². The number of likely N-dealkylation sites (N-methyl/N-ethyl adjacent to an activating group) is 1. The van der Waals surface area contributed by atoms with E-state index in [1.54, 1.807) is 11.3 Å². The Morgan fingerprint density at radius 3 is 3.26 bits per heavy atom. The fourth-order valence-electron chi connectivity index (χ4n) is 2.44. The zero-order chi connectivity index (χ0) is 13.2. The van der Waals surface area contributed by atoms with Gasteiger partial charge in [-0.2, -0.15) is 0 Å². The van der Waals surface area contributed by atoms with Crippen molar-refractivity contribution in [2.45, 2.75) is 19.1 Å². The van der Waals surface area contributed by atoms with Crippen LogP contribution in [0.4, 0.5) is 5.69 Å². The van der Waals surface area contributed by atoms with Gasteiger partial charge in [0.25, 0.3) is 0 Å². The summed E-state index contributed by atoms with van der Waals surface area (Å²) in [5.74, 6) is 0. The molecule has 0 aromatic carbocycles. The highest BCUT2D eigenvalue weighted by Crippen LogP contribution is 2.27. The molecule has 2 aromatic heterocycles. The summed E-state index contributed by atoms with van der Waals surface area (Å²) in [6.07, 6.45) is 2.10. The van der Waals surface area contributed by atoms with Crippen LogP contribution in [0.2, 0.25) is 0 Å². The molecule has 1 aliphatic heterocycles. The van der Waals surface area contributed by atoms with Crippen LogP contribution in [0.1, 0.15) is 6.92 Å². The van der Waals surface area contributed by atoms with E-state index < -0.39 is 0 Å². The third-order valence-corrected chi connectivity index (χ3v) is 4.52. The molecule has 2 unspecified atom stereocenters. The summed E-state index contributed by atoms with van der Waals surface area (Å²) >= 11 is 1.73. The number of anilines is 1. The molecule has 2 aromatic rings. The lowest BCUT2D eigenvalue weighted by molar-refractivity contribution is -0.0259. The summed E-state index contributed by atoms with van der Waals surface area (Å²) in [7, 11) is 2.14. The monoisotopic (exact) mass is 277 g/mol. The van der Waals surface area contributed by atoms with Gasteiger partial charge < -0.3 is 15.0 Å². The van der Waals surface area contributed by atoms with Gasteiger partial charge in [-0.25, -0.2) is 0 Å². The molecule has 1 fully saturated rings. The quantitative estimate of drug-likeness (QED) is 0.935. The Morgan fingerprint density at radius 1 is 1.53 bits per heavy atom. The Morgan fingerprint density at radius 2 is 2.42 bits per heavy atom. The summed E-state index contributed by atoms with van der Waals surface area (Å²) in [5.41, 5.74) is 2.22. The molecular weight excluding hydrogens is 258 g/mol. The molecular formula is C14H19N3OS. The lowest BCUT2D eigenvalue weighted by atomic mass is 10.1. The van der Waals surface area contributed by atoms with Gasteiger partial charge in [-0.1, -0.05) is 0 Å². The fraction of sp³-hybridized carbons (Fsp3) is 0.500.